The van der Waals surface area contributed by atoms with Crippen molar-refractivity contribution < 1.29 is 18.4 Å². The highest BCUT2D eigenvalue weighted by Crippen LogP contribution is 2.24. The van der Waals surface area contributed by atoms with Gasteiger partial charge in [0.15, 0.2) is 0 Å². The van der Waals surface area contributed by atoms with Crippen LogP contribution in [-0.2, 0) is 17.9 Å². The molecule has 0 bridgehead atoms. The summed E-state index contributed by atoms with van der Waals surface area (Å²) in [7, 11) is 0. The molecule has 3 N–H and O–H groups in total. The Morgan fingerprint density at radius 1 is 1.08 bits per heavy atom. The van der Waals surface area contributed by atoms with Crippen molar-refractivity contribution in [3.05, 3.63) is 70.7 Å². The van der Waals surface area contributed by atoms with E-state index in [1.54, 1.807) is 41.7 Å². The molecule has 3 heterocycles. The van der Waals surface area contributed by atoms with Gasteiger partial charge in [0.2, 0.25) is 5.91 Å². The lowest BCUT2D eigenvalue weighted by Crippen LogP contribution is -2.37. The highest BCUT2D eigenvalue weighted by atomic mass is 32.1. The second-order valence-electron chi connectivity index (χ2n) is 5.69. The van der Waals surface area contributed by atoms with Crippen LogP contribution >= 0.6 is 11.3 Å². The summed E-state index contributed by atoms with van der Waals surface area (Å²) in [4.78, 5) is 26.8. The zero-order valence-electron chi connectivity index (χ0n) is 14.0. The third kappa shape index (κ3) is 4.76. The van der Waals surface area contributed by atoms with Crippen molar-refractivity contribution in [1.29, 1.82) is 0 Å². The minimum absolute atomic E-state index is 0.0882. The molecule has 7 nitrogen and oxygen atoms in total. The molecule has 8 heteroatoms. The summed E-state index contributed by atoms with van der Waals surface area (Å²) >= 11 is 1.46. The fraction of sp³-hybridized carbons (Fsp3) is 0.222. The quantitative estimate of drug-likeness (QED) is 0.633. The molecule has 3 amide bonds. The summed E-state index contributed by atoms with van der Waals surface area (Å²) in [6.45, 7) is 0.612. The molecule has 0 aliphatic carbocycles. The number of primary amides is 1. The van der Waals surface area contributed by atoms with Crippen molar-refractivity contribution in [2.45, 2.75) is 25.6 Å². The number of carbonyl (C=O) groups is 2. The molecule has 0 aromatic carbocycles. The van der Waals surface area contributed by atoms with Crippen LogP contribution in [0.3, 0.4) is 0 Å². The van der Waals surface area contributed by atoms with Crippen molar-refractivity contribution in [1.82, 2.24) is 10.2 Å². The van der Waals surface area contributed by atoms with Crippen molar-refractivity contribution in [3.8, 4) is 0 Å². The molecule has 26 heavy (non-hydrogen) atoms. The fourth-order valence-electron chi connectivity index (χ4n) is 2.60. The van der Waals surface area contributed by atoms with Crippen LogP contribution in [0.4, 0.5) is 4.79 Å². The molecule has 0 aliphatic heterocycles. The van der Waals surface area contributed by atoms with Gasteiger partial charge in [0.1, 0.15) is 11.5 Å². The predicted octanol–water partition coefficient (Wildman–Crippen LogP) is 3.26. The summed E-state index contributed by atoms with van der Waals surface area (Å²) in [5.74, 6) is 1.19. The van der Waals surface area contributed by atoms with Crippen LogP contribution in [0, 0.1) is 0 Å². The molecule has 0 saturated carbocycles. The molecular weight excluding hydrogens is 354 g/mol. The molecule has 3 rings (SSSR count). The van der Waals surface area contributed by atoms with E-state index in [2.05, 4.69) is 5.32 Å². The SMILES string of the molecule is NC(=O)NC(CC(=O)N(Cc1ccco1)Cc1ccco1)c1cccs1. The van der Waals surface area contributed by atoms with Crippen LogP contribution in [0.2, 0.25) is 0 Å². The van der Waals surface area contributed by atoms with Gasteiger partial charge in [-0.15, -0.1) is 11.3 Å². The predicted molar refractivity (Wildman–Crippen MR) is 96.1 cm³/mol. The van der Waals surface area contributed by atoms with Crippen molar-refractivity contribution in [2.75, 3.05) is 0 Å². The van der Waals surface area contributed by atoms with E-state index >= 15 is 0 Å². The van der Waals surface area contributed by atoms with Gasteiger partial charge in [-0.2, -0.15) is 0 Å². The van der Waals surface area contributed by atoms with Gasteiger partial charge in [-0.25, -0.2) is 4.79 Å². The first-order valence-corrected chi connectivity index (χ1v) is 8.91. The van der Waals surface area contributed by atoms with Crippen LogP contribution in [-0.4, -0.2) is 16.8 Å². The Balaban J connectivity index is 1.75. The van der Waals surface area contributed by atoms with E-state index < -0.39 is 12.1 Å². The number of nitrogens with two attached hydrogens (primary N) is 1. The maximum atomic E-state index is 12.9. The molecule has 136 valence electrons. The molecule has 0 aliphatic rings. The third-order valence-electron chi connectivity index (χ3n) is 3.79. The van der Waals surface area contributed by atoms with E-state index in [1.165, 1.54) is 11.3 Å². The van der Waals surface area contributed by atoms with Crippen LogP contribution in [0.25, 0.3) is 0 Å². The Morgan fingerprint density at radius 2 is 1.73 bits per heavy atom. The fourth-order valence-corrected chi connectivity index (χ4v) is 3.38. The lowest BCUT2D eigenvalue weighted by atomic mass is 10.1. The number of nitrogens with one attached hydrogen (secondary N) is 1. The van der Waals surface area contributed by atoms with E-state index in [-0.39, 0.29) is 12.3 Å². The van der Waals surface area contributed by atoms with Crippen LogP contribution < -0.4 is 11.1 Å². The molecule has 0 radical (unpaired) electrons. The number of nitrogens with zero attached hydrogens (tertiary/aromatic N) is 1. The molecule has 1 unspecified atom stereocenters. The summed E-state index contributed by atoms with van der Waals surface area (Å²) in [6.07, 6.45) is 3.22. The summed E-state index contributed by atoms with van der Waals surface area (Å²) in [5.41, 5.74) is 5.27. The number of hydrogen-bond donors (Lipinski definition) is 2. The average molecular weight is 373 g/mol. The van der Waals surface area contributed by atoms with Gasteiger partial charge in [-0.05, 0) is 35.7 Å². The maximum Gasteiger partial charge on any atom is 0.312 e. The standard InChI is InChI=1S/C18H19N3O4S/c19-18(23)20-15(16-6-3-9-26-16)10-17(22)21(11-13-4-1-7-24-13)12-14-5-2-8-25-14/h1-9,15H,10-12H2,(H3,19,20,23). The monoisotopic (exact) mass is 373 g/mol. The highest BCUT2D eigenvalue weighted by Gasteiger charge is 2.24. The van der Waals surface area contributed by atoms with Gasteiger partial charge in [-0.3, -0.25) is 4.79 Å². The number of carbonyl (C=O) groups excluding carboxylic acids is 2. The van der Waals surface area contributed by atoms with Gasteiger partial charge in [-0.1, -0.05) is 6.07 Å². The lowest BCUT2D eigenvalue weighted by molar-refractivity contribution is -0.133. The number of amides is 3. The Labute approximate surface area is 154 Å². The van der Waals surface area contributed by atoms with E-state index in [0.717, 1.165) is 4.88 Å². The Hall–Kier alpha value is -3.00. The topological polar surface area (TPSA) is 102 Å². The third-order valence-corrected chi connectivity index (χ3v) is 4.77. The maximum absolute atomic E-state index is 12.9. The number of urea groups is 1. The average Bonchev–Trinajstić information content (AvgIpc) is 3.36. The lowest BCUT2D eigenvalue weighted by Gasteiger charge is -2.24. The Morgan fingerprint density at radius 3 is 2.19 bits per heavy atom. The summed E-state index contributed by atoms with van der Waals surface area (Å²) < 4.78 is 10.7. The van der Waals surface area contributed by atoms with Gasteiger partial charge in [0, 0.05) is 4.88 Å². The van der Waals surface area contributed by atoms with Gasteiger partial charge >= 0.3 is 6.03 Å². The first kappa shape index (κ1) is 17.8. The van der Waals surface area contributed by atoms with Crippen LogP contribution in [0.5, 0.6) is 0 Å². The van der Waals surface area contributed by atoms with Gasteiger partial charge < -0.3 is 24.8 Å². The number of furan rings is 2. The van der Waals surface area contributed by atoms with Crippen molar-refractivity contribution >= 4 is 23.3 Å². The minimum atomic E-state index is -0.667. The second-order valence-corrected chi connectivity index (χ2v) is 6.67. The zero-order chi connectivity index (χ0) is 18.4. The number of hydrogen-bond acceptors (Lipinski definition) is 5. The highest BCUT2D eigenvalue weighted by molar-refractivity contribution is 7.10. The molecule has 1 atom stereocenters. The van der Waals surface area contributed by atoms with Crippen LogP contribution in [0.1, 0.15) is 28.9 Å². The smallest absolute Gasteiger partial charge is 0.312 e. The summed E-state index contributed by atoms with van der Waals surface area (Å²) in [5, 5.41) is 4.53. The van der Waals surface area contributed by atoms with Crippen molar-refractivity contribution in [3.63, 3.8) is 0 Å². The second kappa shape index (κ2) is 8.39. The van der Waals surface area contributed by atoms with E-state index in [4.69, 9.17) is 14.6 Å². The number of thiophene rings is 1. The van der Waals surface area contributed by atoms with E-state index in [1.807, 2.05) is 17.5 Å². The van der Waals surface area contributed by atoms with Gasteiger partial charge in [0.25, 0.3) is 0 Å². The molecular formula is C18H19N3O4S. The van der Waals surface area contributed by atoms with E-state index in [0.29, 0.717) is 24.6 Å². The largest absolute Gasteiger partial charge is 0.467 e. The molecule has 3 aromatic heterocycles. The minimum Gasteiger partial charge on any atom is -0.467 e. The first-order chi connectivity index (χ1) is 12.6. The van der Waals surface area contributed by atoms with Gasteiger partial charge in [0.05, 0.1) is 38.1 Å². The Bertz CT molecular complexity index is 777. The zero-order valence-corrected chi connectivity index (χ0v) is 14.8. The van der Waals surface area contributed by atoms with Crippen molar-refractivity contribution in [2.24, 2.45) is 5.73 Å². The van der Waals surface area contributed by atoms with E-state index in [9.17, 15) is 9.59 Å². The molecule has 0 spiro atoms. The Kier molecular flexibility index (Phi) is 5.75. The molecule has 0 saturated heterocycles. The molecule has 0 fully saturated rings. The first-order valence-electron chi connectivity index (χ1n) is 8.03. The van der Waals surface area contributed by atoms with Crippen LogP contribution in [0.15, 0.2) is 63.1 Å². The summed E-state index contributed by atoms with van der Waals surface area (Å²) in [6, 6.07) is 9.74. The molecule has 3 aromatic rings. The normalized spacial score (nSPS) is 11.8. The number of rotatable bonds is 8.